The summed E-state index contributed by atoms with van der Waals surface area (Å²) in [5, 5.41) is 7.24. The van der Waals surface area contributed by atoms with Gasteiger partial charge in [-0.3, -0.25) is 4.79 Å². The number of hydrogen-bond donors (Lipinski definition) is 2. The van der Waals surface area contributed by atoms with Crippen LogP contribution >= 0.6 is 0 Å². The van der Waals surface area contributed by atoms with Gasteiger partial charge in [0.2, 0.25) is 10.0 Å². The van der Waals surface area contributed by atoms with Crippen molar-refractivity contribution in [2.24, 2.45) is 5.14 Å². The van der Waals surface area contributed by atoms with E-state index in [1.807, 2.05) is 0 Å². The fraction of sp³-hybridized carbons (Fsp3) is 0.0714. The lowest BCUT2D eigenvalue weighted by Gasteiger charge is -2.07. The molecule has 3 N–H and O–H groups in total. The number of carbonyl (C=O) groups excluding carboxylic acids is 1. The number of rotatable bonds is 4. The molecule has 0 heterocycles. The van der Waals surface area contributed by atoms with Crippen LogP contribution in [0.15, 0.2) is 41.3 Å². The Morgan fingerprint density at radius 3 is 2.13 bits per heavy atom. The Bertz CT molecular complexity index is 852. The Balaban J connectivity index is 2.10. The van der Waals surface area contributed by atoms with Gasteiger partial charge in [-0.2, -0.15) is 0 Å². The number of benzene rings is 2. The lowest BCUT2D eigenvalue weighted by molar-refractivity contribution is 0.0950. The largest absolute Gasteiger partial charge is 0.348 e. The van der Waals surface area contributed by atoms with Crippen molar-refractivity contribution < 1.29 is 26.4 Å². The van der Waals surface area contributed by atoms with E-state index < -0.39 is 33.4 Å². The van der Waals surface area contributed by atoms with E-state index in [9.17, 15) is 26.4 Å². The van der Waals surface area contributed by atoms with Crippen molar-refractivity contribution >= 4 is 15.9 Å². The van der Waals surface area contributed by atoms with E-state index in [-0.39, 0.29) is 22.6 Å². The normalized spacial score (nSPS) is 11.3. The van der Waals surface area contributed by atoms with Crippen molar-refractivity contribution in [1.82, 2.24) is 5.32 Å². The number of sulfonamides is 1. The minimum Gasteiger partial charge on any atom is -0.348 e. The van der Waals surface area contributed by atoms with Crippen LogP contribution < -0.4 is 10.5 Å². The van der Waals surface area contributed by atoms with Gasteiger partial charge in [0.25, 0.3) is 5.91 Å². The van der Waals surface area contributed by atoms with Crippen molar-refractivity contribution in [2.45, 2.75) is 11.4 Å². The van der Waals surface area contributed by atoms with Crippen LogP contribution in [0.4, 0.5) is 13.2 Å². The second-order valence-corrected chi connectivity index (χ2v) is 6.17. The number of hydrogen-bond acceptors (Lipinski definition) is 3. The average Bonchev–Trinajstić information content (AvgIpc) is 2.48. The molecule has 0 saturated heterocycles. The van der Waals surface area contributed by atoms with Crippen molar-refractivity contribution in [1.29, 1.82) is 0 Å². The van der Waals surface area contributed by atoms with Crippen LogP contribution in [0.1, 0.15) is 15.9 Å². The molecule has 2 rings (SSSR count). The average molecular weight is 344 g/mol. The molecule has 2 aromatic rings. The molecule has 0 fully saturated rings. The summed E-state index contributed by atoms with van der Waals surface area (Å²) in [6, 6.07) is 5.75. The first-order valence-corrected chi connectivity index (χ1v) is 7.77. The highest BCUT2D eigenvalue weighted by Crippen LogP contribution is 2.14. The second kappa shape index (κ2) is 6.39. The Kier molecular flexibility index (Phi) is 4.71. The standard InChI is InChI=1S/C14H11F3N2O3S/c15-11-6-13(17)12(16)5-9(11)7-19-14(20)8-1-3-10(4-2-8)23(18,21)22/h1-6H,7H2,(H,19,20)(H2,18,21,22). The Morgan fingerprint density at radius 2 is 1.57 bits per heavy atom. The van der Waals surface area contributed by atoms with Gasteiger partial charge in [0.1, 0.15) is 5.82 Å². The zero-order valence-corrected chi connectivity index (χ0v) is 12.3. The molecule has 0 aromatic heterocycles. The summed E-state index contributed by atoms with van der Waals surface area (Å²) in [6.07, 6.45) is 0. The fourth-order valence-corrected chi connectivity index (χ4v) is 2.29. The highest BCUT2D eigenvalue weighted by molar-refractivity contribution is 7.89. The van der Waals surface area contributed by atoms with Crippen molar-refractivity contribution in [3.05, 3.63) is 65.0 Å². The van der Waals surface area contributed by atoms with Crippen LogP contribution in [-0.2, 0) is 16.6 Å². The van der Waals surface area contributed by atoms with Crippen LogP contribution in [0.5, 0.6) is 0 Å². The monoisotopic (exact) mass is 344 g/mol. The molecule has 23 heavy (non-hydrogen) atoms. The molecule has 0 unspecified atom stereocenters. The molecule has 0 saturated carbocycles. The zero-order valence-electron chi connectivity index (χ0n) is 11.5. The third-order valence-corrected chi connectivity index (χ3v) is 3.90. The Hall–Kier alpha value is -2.39. The van der Waals surface area contributed by atoms with Gasteiger partial charge >= 0.3 is 0 Å². The van der Waals surface area contributed by atoms with Gasteiger partial charge in [-0.25, -0.2) is 26.7 Å². The first kappa shape index (κ1) is 17.0. The maximum absolute atomic E-state index is 13.4. The SMILES string of the molecule is NS(=O)(=O)c1ccc(C(=O)NCc2cc(F)c(F)cc2F)cc1. The Labute approximate surface area is 130 Å². The van der Waals surface area contributed by atoms with E-state index in [0.717, 1.165) is 12.1 Å². The molecule has 0 atom stereocenters. The van der Waals surface area contributed by atoms with Crippen LogP contribution in [0.25, 0.3) is 0 Å². The number of nitrogens with two attached hydrogens (primary N) is 1. The third-order valence-electron chi connectivity index (χ3n) is 2.97. The van der Waals surface area contributed by atoms with Gasteiger partial charge in [0, 0.05) is 23.7 Å². The molecule has 0 radical (unpaired) electrons. The van der Waals surface area contributed by atoms with Gasteiger partial charge in [0.15, 0.2) is 11.6 Å². The number of amides is 1. The minimum absolute atomic E-state index is 0.0976. The van der Waals surface area contributed by atoms with E-state index >= 15 is 0 Å². The summed E-state index contributed by atoms with van der Waals surface area (Å²) in [7, 11) is -3.87. The number of carbonyl (C=O) groups is 1. The second-order valence-electron chi connectivity index (χ2n) is 4.61. The van der Waals surface area contributed by atoms with Crippen molar-refractivity contribution in [3.8, 4) is 0 Å². The van der Waals surface area contributed by atoms with E-state index in [0.29, 0.717) is 12.1 Å². The van der Waals surface area contributed by atoms with E-state index in [2.05, 4.69) is 5.32 Å². The number of halogens is 3. The molecule has 0 bridgehead atoms. The van der Waals surface area contributed by atoms with Gasteiger partial charge in [-0.15, -0.1) is 0 Å². The van der Waals surface area contributed by atoms with Gasteiger partial charge in [-0.1, -0.05) is 0 Å². The molecule has 2 aromatic carbocycles. The molecular weight excluding hydrogens is 333 g/mol. The first-order valence-electron chi connectivity index (χ1n) is 6.23. The fourth-order valence-electron chi connectivity index (χ4n) is 1.77. The van der Waals surface area contributed by atoms with Crippen LogP contribution in [0.2, 0.25) is 0 Å². The maximum atomic E-state index is 13.4. The summed E-state index contributed by atoms with van der Waals surface area (Å²) in [5.41, 5.74) is -0.126. The summed E-state index contributed by atoms with van der Waals surface area (Å²) < 4.78 is 61.4. The summed E-state index contributed by atoms with van der Waals surface area (Å²) >= 11 is 0. The molecule has 0 spiro atoms. The Morgan fingerprint density at radius 1 is 1.00 bits per heavy atom. The molecule has 5 nitrogen and oxygen atoms in total. The molecule has 0 aliphatic heterocycles. The molecular formula is C14H11F3N2O3S. The number of nitrogens with one attached hydrogen (secondary N) is 1. The van der Waals surface area contributed by atoms with E-state index in [1.54, 1.807) is 0 Å². The molecule has 1 amide bonds. The highest BCUT2D eigenvalue weighted by atomic mass is 32.2. The summed E-state index contributed by atoms with van der Waals surface area (Å²) in [5.74, 6) is -4.19. The predicted octanol–water partition coefficient (Wildman–Crippen LogP) is 1.68. The smallest absolute Gasteiger partial charge is 0.251 e. The molecule has 9 heteroatoms. The first-order chi connectivity index (χ1) is 10.7. The van der Waals surface area contributed by atoms with Gasteiger partial charge in [-0.05, 0) is 30.3 Å². The van der Waals surface area contributed by atoms with Crippen LogP contribution in [0, 0.1) is 17.5 Å². The van der Waals surface area contributed by atoms with Gasteiger partial charge in [0.05, 0.1) is 4.90 Å². The zero-order chi connectivity index (χ0) is 17.2. The minimum atomic E-state index is -3.87. The van der Waals surface area contributed by atoms with E-state index in [1.165, 1.54) is 12.1 Å². The van der Waals surface area contributed by atoms with Crippen LogP contribution in [0.3, 0.4) is 0 Å². The quantitative estimate of drug-likeness (QED) is 0.827. The topological polar surface area (TPSA) is 89.3 Å². The highest BCUT2D eigenvalue weighted by Gasteiger charge is 2.13. The van der Waals surface area contributed by atoms with Crippen molar-refractivity contribution in [3.63, 3.8) is 0 Å². The van der Waals surface area contributed by atoms with Crippen LogP contribution in [-0.4, -0.2) is 14.3 Å². The third kappa shape index (κ3) is 4.08. The molecule has 0 aliphatic carbocycles. The van der Waals surface area contributed by atoms with E-state index in [4.69, 9.17) is 5.14 Å². The molecule has 0 aliphatic rings. The van der Waals surface area contributed by atoms with Gasteiger partial charge < -0.3 is 5.32 Å². The molecule has 122 valence electrons. The summed E-state index contributed by atoms with van der Waals surface area (Å²) in [6.45, 7) is -0.362. The lowest BCUT2D eigenvalue weighted by atomic mass is 10.1. The number of primary sulfonamides is 1. The predicted molar refractivity (Wildman–Crippen MR) is 75.3 cm³/mol. The summed E-state index contributed by atoms with van der Waals surface area (Å²) in [4.78, 5) is 11.7. The lowest BCUT2D eigenvalue weighted by Crippen LogP contribution is -2.23. The maximum Gasteiger partial charge on any atom is 0.251 e. The van der Waals surface area contributed by atoms with Crippen molar-refractivity contribution in [2.75, 3.05) is 0 Å².